The van der Waals surface area contributed by atoms with Crippen LogP contribution in [0, 0.1) is 23.4 Å². The van der Waals surface area contributed by atoms with Crippen molar-refractivity contribution >= 4 is 12.2 Å². The smallest absolute Gasteiger partial charge is 0.166 e. The Labute approximate surface area is 225 Å². The molecule has 0 heterocycles. The molecule has 0 bridgehead atoms. The second-order valence-corrected chi connectivity index (χ2v) is 10.7. The molecule has 202 valence electrons. The van der Waals surface area contributed by atoms with Crippen LogP contribution in [0.1, 0.15) is 94.2 Å². The average molecular weight is 521 g/mol. The Bertz CT molecular complexity index is 1210. The quantitative estimate of drug-likeness (QED) is 0.180. The first-order valence-corrected chi connectivity index (χ1v) is 14.1. The number of benzene rings is 3. The number of rotatable bonds is 11. The van der Waals surface area contributed by atoms with E-state index in [1.54, 1.807) is 48.6 Å². The number of unbranched alkanes of at least 4 members (excludes halogenated alkanes) is 4. The first-order valence-electron chi connectivity index (χ1n) is 14.1. The molecule has 3 aromatic carbocycles. The predicted molar refractivity (Wildman–Crippen MR) is 152 cm³/mol. The van der Waals surface area contributed by atoms with Crippen molar-refractivity contribution in [2.45, 2.75) is 77.6 Å². The van der Waals surface area contributed by atoms with Gasteiger partial charge < -0.3 is 4.74 Å². The fourth-order valence-electron chi connectivity index (χ4n) is 5.26. The van der Waals surface area contributed by atoms with E-state index in [2.05, 4.69) is 13.8 Å². The lowest BCUT2D eigenvalue weighted by Gasteiger charge is -2.27. The summed E-state index contributed by atoms with van der Waals surface area (Å²) in [6.45, 7) is 5.00. The fourth-order valence-corrected chi connectivity index (χ4v) is 5.26. The van der Waals surface area contributed by atoms with Crippen LogP contribution in [0.25, 0.3) is 23.3 Å². The van der Waals surface area contributed by atoms with E-state index in [-0.39, 0.29) is 17.3 Å². The van der Waals surface area contributed by atoms with Crippen LogP contribution >= 0.6 is 0 Å². The van der Waals surface area contributed by atoms with Gasteiger partial charge in [0.2, 0.25) is 0 Å². The monoisotopic (exact) mass is 520 g/mol. The van der Waals surface area contributed by atoms with Crippen LogP contribution in [0.5, 0.6) is 5.75 Å². The van der Waals surface area contributed by atoms with E-state index in [4.69, 9.17) is 4.74 Å². The highest BCUT2D eigenvalue weighted by molar-refractivity contribution is 5.73. The maximum absolute atomic E-state index is 15.0. The van der Waals surface area contributed by atoms with E-state index >= 15 is 4.39 Å². The summed E-state index contributed by atoms with van der Waals surface area (Å²) in [7, 11) is 0. The van der Waals surface area contributed by atoms with Crippen molar-refractivity contribution < 1.29 is 17.9 Å². The van der Waals surface area contributed by atoms with E-state index in [0.717, 1.165) is 44.1 Å². The van der Waals surface area contributed by atoms with Gasteiger partial charge in [0.15, 0.2) is 11.6 Å². The molecule has 1 saturated carbocycles. The van der Waals surface area contributed by atoms with Gasteiger partial charge in [0, 0.05) is 17.2 Å². The van der Waals surface area contributed by atoms with Crippen molar-refractivity contribution in [2.75, 3.05) is 6.61 Å². The molecule has 0 amide bonds. The summed E-state index contributed by atoms with van der Waals surface area (Å²) in [4.78, 5) is 0. The Hall–Kier alpha value is -3.01. The van der Waals surface area contributed by atoms with Gasteiger partial charge >= 0.3 is 0 Å². The minimum atomic E-state index is -0.783. The van der Waals surface area contributed by atoms with Crippen LogP contribution in [0.15, 0.2) is 54.6 Å². The summed E-state index contributed by atoms with van der Waals surface area (Å²) in [5.41, 5.74) is 2.69. The zero-order valence-electron chi connectivity index (χ0n) is 22.6. The Kier molecular flexibility index (Phi) is 10.1. The molecular formula is C34H39F3O. The molecule has 0 radical (unpaired) electrons. The number of ether oxygens (including phenoxy) is 1. The summed E-state index contributed by atoms with van der Waals surface area (Å²) in [6.07, 6.45) is 13.2. The van der Waals surface area contributed by atoms with Crippen molar-refractivity contribution in [3.8, 4) is 16.9 Å². The summed E-state index contributed by atoms with van der Waals surface area (Å²) < 4.78 is 50.3. The Balaban J connectivity index is 1.37. The molecule has 4 heteroatoms. The summed E-state index contributed by atoms with van der Waals surface area (Å²) >= 11 is 0. The number of hydrogen-bond donors (Lipinski definition) is 0. The maximum atomic E-state index is 15.0. The van der Waals surface area contributed by atoms with Crippen molar-refractivity contribution in [1.82, 2.24) is 0 Å². The zero-order valence-corrected chi connectivity index (χ0v) is 22.6. The molecule has 0 saturated heterocycles. The van der Waals surface area contributed by atoms with Gasteiger partial charge in [-0.3, -0.25) is 0 Å². The van der Waals surface area contributed by atoms with Crippen LogP contribution < -0.4 is 4.74 Å². The molecule has 3 aromatic rings. The molecule has 4 rings (SSSR count). The lowest BCUT2D eigenvalue weighted by molar-refractivity contribution is 0.303. The normalized spacial score (nSPS) is 17.7. The van der Waals surface area contributed by atoms with Gasteiger partial charge in [-0.15, -0.1) is 0 Å². The summed E-state index contributed by atoms with van der Waals surface area (Å²) in [5.74, 6) is -0.547. The van der Waals surface area contributed by atoms with E-state index in [9.17, 15) is 8.78 Å². The number of hydrogen-bond acceptors (Lipinski definition) is 1. The van der Waals surface area contributed by atoms with Crippen LogP contribution in [0.3, 0.4) is 0 Å². The summed E-state index contributed by atoms with van der Waals surface area (Å²) in [6, 6.07) is 15.6. The molecule has 1 aliphatic rings. The Morgan fingerprint density at radius 1 is 0.789 bits per heavy atom. The zero-order chi connectivity index (χ0) is 26.9. The molecule has 0 N–H and O–H groups in total. The lowest BCUT2D eigenvalue weighted by atomic mass is 9.79. The molecule has 1 fully saturated rings. The third-order valence-corrected chi connectivity index (χ3v) is 7.73. The highest BCUT2D eigenvalue weighted by Gasteiger charge is 2.25. The molecule has 38 heavy (non-hydrogen) atoms. The van der Waals surface area contributed by atoms with Gasteiger partial charge in [-0.2, -0.15) is 0 Å². The minimum absolute atomic E-state index is 0.0961. The SMILES string of the molecule is CCCCCCCOc1ccc(/C=C/c2ccc(-c3ccc(C4CCC(C)CC4)c(F)c3F)cc2)c(F)c1. The largest absolute Gasteiger partial charge is 0.493 e. The molecule has 1 aliphatic carbocycles. The van der Waals surface area contributed by atoms with Gasteiger partial charge in [0.05, 0.1) is 6.61 Å². The minimum Gasteiger partial charge on any atom is -0.493 e. The molecule has 0 unspecified atom stereocenters. The van der Waals surface area contributed by atoms with Crippen LogP contribution in [0.2, 0.25) is 0 Å². The highest BCUT2D eigenvalue weighted by Crippen LogP contribution is 2.38. The predicted octanol–water partition coefficient (Wildman–Crippen LogP) is 10.6. The summed E-state index contributed by atoms with van der Waals surface area (Å²) in [5, 5.41) is 0. The standard InChI is InChI=1S/C34H39F3O/c1-3-4-5-6-7-22-38-29-19-18-28(32(35)23-29)17-12-25-10-15-27(16-11-25)31-21-20-30(33(36)34(31)37)26-13-8-24(2)9-14-26/h10-12,15-21,23-24,26H,3-9,13-14,22H2,1-2H3/b17-12+. The van der Waals surface area contributed by atoms with Crippen molar-refractivity contribution in [1.29, 1.82) is 0 Å². The van der Waals surface area contributed by atoms with E-state index in [1.165, 1.54) is 25.3 Å². The van der Waals surface area contributed by atoms with E-state index < -0.39 is 11.6 Å². The average Bonchev–Trinajstić information content (AvgIpc) is 2.93. The van der Waals surface area contributed by atoms with Gasteiger partial charge in [0.25, 0.3) is 0 Å². The third kappa shape index (κ3) is 7.30. The number of halogens is 3. The van der Waals surface area contributed by atoms with Crippen LogP contribution in [0.4, 0.5) is 13.2 Å². The third-order valence-electron chi connectivity index (χ3n) is 7.73. The molecule has 0 spiro atoms. The van der Waals surface area contributed by atoms with Crippen molar-refractivity contribution in [3.63, 3.8) is 0 Å². The second kappa shape index (κ2) is 13.7. The van der Waals surface area contributed by atoms with Gasteiger partial charge in [-0.05, 0) is 59.9 Å². The van der Waals surface area contributed by atoms with E-state index in [1.807, 2.05) is 12.1 Å². The van der Waals surface area contributed by atoms with Crippen LogP contribution in [-0.4, -0.2) is 6.61 Å². The van der Waals surface area contributed by atoms with Crippen molar-refractivity contribution in [3.05, 3.63) is 88.7 Å². The Morgan fingerprint density at radius 3 is 2.24 bits per heavy atom. The molecular weight excluding hydrogens is 481 g/mol. The van der Waals surface area contributed by atoms with Crippen LogP contribution in [-0.2, 0) is 0 Å². The molecule has 0 atom stereocenters. The fraction of sp³-hybridized carbons (Fsp3) is 0.412. The highest BCUT2D eigenvalue weighted by atomic mass is 19.2. The topological polar surface area (TPSA) is 9.23 Å². The lowest BCUT2D eigenvalue weighted by Crippen LogP contribution is -2.13. The van der Waals surface area contributed by atoms with Gasteiger partial charge in [0.1, 0.15) is 11.6 Å². The molecule has 0 aliphatic heterocycles. The first kappa shape index (κ1) is 28.0. The van der Waals surface area contributed by atoms with E-state index in [0.29, 0.717) is 35.0 Å². The van der Waals surface area contributed by atoms with Crippen molar-refractivity contribution in [2.24, 2.45) is 5.92 Å². The van der Waals surface area contributed by atoms with Gasteiger partial charge in [-0.1, -0.05) is 101 Å². The molecule has 0 aromatic heterocycles. The maximum Gasteiger partial charge on any atom is 0.166 e. The second-order valence-electron chi connectivity index (χ2n) is 10.7. The Morgan fingerprint density at radius 2 is 1.53 bits per heavy atom. The first-order chi connectivity index (χ1) is 18.5. The van der Waals surface area contributed by atoms with Gasteiger partial charge in [-0.25, -0.2) is 13.2 Å². The molecule has 1 nitrogen and oxygen atoms in total.